The summed E-state index contributed by atoms with van der Waals surface area (Å²) in [6.45, 7) is 0. The lowest BCUT2D eigenvalue weighted by Crippen LogP contribution is -2.46. The van der Waals surface area contributed by atoms with Gasteiger partial charge in [-0.2, -0.15) is 0 Å². The molecule has 0 aliphatic heterocycles. The summed E-state index contributed by atoms with van der Waals surface area (Å²) in [4.78, 5) is 0. The van der Waals surface area contributed by atoms with Crippen LogP contribution in [-0.4, -0.2) is 10.9 Å². The van der Waals surface area contributed by atoms with Crippen LogP contribution in [0.25, 0.3) is 0 Å². The maximum absolute atomic E-state index is 7.28. The molecule has 0 heterocycles. The second-order valence-corrected chi connectivity index (χ2v) is 7.52. The van der Waals surface area contributed by atoms with E-state index in [0.717, 1.165) is 23.5 Å². The summed E-state index contributed by atoms with van der Waals surface area (Å²) in [5.41, 5.74) is 6.08. The van der Waals surface area contributed by atoms with Crippen molar-refractivity contribution in [1.29, 1.82) is 5.41 Å². The van der Waals surface area contributed by atoms with Gasteiger partial charge in [0.2, 0.25) is 0 Å². The average molecular weight is 238 g/mol. The van der Waals surface area contributed by atoms with Gasteiger partial charge in [-0.25, -0.2) is 0 Å². The Balaban J connectivity index is 1.62. The summed E-state index contributed by atoms with van der Waals surface area (Å²) in [7, 11) is 0. The predicted octanol–water partition coefficient (Wildman–Crippen LogP) is 3.22. The van der Waals surface area contributed by atoms with Crippen molar-refractivity contribution in [3.8, 4) is 0 Å². The first kappa shape index (κ1) is 10.9. The molecule has 4 aliphatic carbocycles. The number of hydrogen-bond donors (Lipinski definition) is 2. The van der Waals surface area contributed by atoms with Crippen LogP contribution in [0.3, 0.4) is 0 Å². The van der Waals surface area contributed by atoms with Crippen molar-refractivity contribution in [2.24, 2.45) is 28.9 Å². The van der Waals surface area contributed by atoms with Crippen molar-refractivity contribution in [3.63, 3.8) is 0 Å². The third-order valence-corrected chi connectivity index (χ3v) is 5.77. The molecular weight excluding hydrogens is 216 g/mol. The van der Waals surface area contributed by atoms with Crippen molar-refractivity contribution in [1.82, 2.24) is 0 Å². The van der Waals surface area contributed by atoms with E-state index in [4.69, 9.17) is 11.1 Å². The summed E-state index contributed by atoms with van der Waals surface area (Å²) in [6.07, 6.45) is 10.3. The van der Waals surface area contributed by atoms with Crippen LogP contribution in [0.2, 0.25) is 0 Å². The minimum Gasteiger partial charge on any atom is -0.379 e. The van der Waals surface area contributed by atoms with E-state index in [9.17, 15) is 0 Å². The zero-order chi connectivity index (χ0) is 11.2. The fourth-order valence-corrected chi connectivity index (χ4v) is 5.73. The monoisotopic (exact) mass is 238 g/mol. The van der Waals surface area contributed by atoms with Crippen molar-refractivity contribution < 1.29 is 0 Å². The van der Waals surface area contributed by atoms with Crippen LogP contribution in [0.5, 0.6) is 0 Å². The molecule has 0 atom stereocenters. The SMILES string of the molecule is N=C(N)SCCC12CC3CC(CC(C3)C1)C2. The number of nitrogens with two attached hydrogens (primary N) is 1. The Kier molecular flexibility index (Phi) is 2.69. The molecule has 4 saturated carbocycles. The summed E-state index contributed by atoms with van der Waals surface area (Å²) >= 11 is 1.54. The van der Waals surface area contributed by atoms with Crippen molar-refractivity contribution in [2.75, 3.05) is 5.75 Å². The molecule has 0 saturated heterocycles. The smallest absolute Gasteiger partial charge is 0.151 e. The Labute approximate surface area is 102 Å². The predicted molar refractivity (Wildman–Crippen MR) is 69.6 cm³/mol. The van der Waals surface area contributed by atoms with E-state index >= 15 is 0 Å². The lowest BCUT2D eigenvalue weighted by Gasteiger charge is -2.57. The molecule has 4 fully saturated rings. The second-order valence-electron chi connectivity index (χ2n) is 6.38. The maximum Gasteiger partial charge on any atom is 0.151 e. The Hall–Kier alpha value is -0.180. The molecule has 0 aromatic heterocycles. The van der Waals surface area contributed by atoms with E-state index < -0.39 is 0 Å². The van der Waals surface area contributed by atoms with Gasteiger partial charge in [-0.05, 0) is 68.1 Å². The first-order chi connectivity index (χ1) is 7.65. The zero-order valence-electron chi connectivity index (χ0n) is 9.87. The van der Waals surface area contributed by atoms with E-state index in [2.05, 4.69) is 0 Å². The third kappa shape index (κ3) is 1.99. The normalized spacial score (nSPS) is 44.9. The summed E-state index contributed by atoms with van der Waals surface area (Å²) in [5.74, 6) is 4.22. The van der Waals surface area contributed by atoms with Gasteiger partial charge in [-0.3, -0.25) is 5.41 Å². The van der Waals surface area contributed by atoms with Crippen molar-refractivity contribution in [3.05, 3.63) is 0 Å². The van der Waals surface area contributed by atoms with Gasteiger partial charge in [0.15, 0.2) is 5.17 Å². The highest BCUT2D eigenvalue weighted by molar-refractivity contribution is 8.13. The molecule has 0 spiro atoms. The number of amidine groups is 1. The average Bonchev–Trinajstić information content (AvgIpc) is 2.13. The fraction of sp³-hybridized carbons (Fsp3) is 0.923. The van der Waals surface area contributed by atoms with Crippen LogP contribution in [0.4, 0.5) is 0 Å². The quantitative estimate of drug-likeness (QED) is 0.586. The highest BCUT2D eigenvalue weighted by Crippen LogP contribution is 2.61. The number of nitrogens with one attached hydrogen (secondary N) is 1. The van der Waals surface area contributed by atoms with Crippen LogP contribution >= 0.6 is 11.8 Å². The highest BCUT2D eigenvalue weighted by Gasteiger charge is 2.50. The Morgan fingerprint density at radius 1 is 1.12 bits per heavy atom. The summed E-state index contributed by atoms with van der Waals surface area (Å²) in [5, 5.41) is 7.57. The molecule has 2 nitrogen and oxygen atoms in total. The standard InChI is InChI=1S/C13H22N2S/c14-12(15)16-2-1-13-6-9-3-10(7-13)5-11(4-9)8-13/h9-11H,1-8H2,(H3,14,15). The molecule has 0 amide bonds. The van der Waals surface area contributed by atoms with Crippen LogP contribution in [0.1, 0.15) is 44.9 Å². The molecule has 0 unspecified atom stereocenters. The fourth-order valence-electron chi connectivity index (χ4n) is 4.97. The van der Waals surface area contributed by atoms with Gasteiger partial charge in [-0.1, -0.05) is 11.8 Å². The lowest BCUT2D eigenvalue weighted by atomic mass is 9.49. The molecule has 4 rings (SSSR count). The van der Waals surface area contributed by atoms with Crippen molar-refractivity contribution >= 4 is 16.9 Å². The maximum atomic E-state index is 7.28. The topological polar surface area (TPSA) is 49.9 Å². The van der Waals surface area contributed by atoms with Crippen molar-refractivity contribution in [2.45, 2.75) is 44.9 Å². The van der Waals surface area contributed by atoms with Crippen LogP contribution < -0.4 is 5.73 Å². The van der Waals surface area contributed by atoms with E-state index in [1.54, 1.807) is 11.8 Å². The zero-order valence-corrected chi connectivity index (χ0v) is 10.7. The minimum atomic E-state index is 0.296. The number of hydrogen-bond acceptors (Lipinski definition) is 2. The number of rotatable bonds is 3. The van der Waals surface area contributed by atoms with Gasteiger partial charge >= 0.3 is 0 Å². The van der Waals surface area contributed by atoms with Gasteiger partial charge < -0.3 is 5.73 Å². The van der Waals surface area contributed by atoms with Gasteiger partial charge in [0, 0.05) is 5.75 Å². The molecule has 4 bridgehead atoms. The summed E-state index contributed by atoms with van der Waals surface area (Å²) in [6, 6.07) is 0. The first-order valence-electron chi connectivity index (χ1n) is 6.62. The highest BCUT2D eigenvalue weighted by atomic mass is 32.2. The molecular formula is C13H22N2S. The van der Waals surface area contributed by atoms with Crippen LogP contribution in [0.15, 0.2) is 0 Å². The molecule has 0 aromatic carbocycles. The molecule has 16 heavy (non-hydrogen) atoms. The molecule has 3 heteroatoms. The van der Waals surface area contributed by atoms with Crippen LogP contribution in [0, 0.1) is 28.6 Å². The van der Waals surface area contributed by atoms with Gasteiger partial charge in [0.05, 0.1) is 0 Å². The third-order valence-electron chi connectivity index (χ3n) is 5.06. The Bertz CT molecular complexity index is 265. The lowest BCUT2D eigenvalue weighted by molar-refractivity contribution is -0.0538. The minimum absolute atomic E-state index is 0.296. The van der Waals surface area contributed by atoms with E-state index in [1.807, 2.05) is 0 Å². The van der Waals surface area contributed by atoms with E-state index in [1.165, 1.54) is 44.9 Å². The van der Waals surface area contributed by atoms with Crippen LogP contribution in [-0.2, 0) is 0 Å². The number of thioether (sulfide) groups is 1. The van der Waals surface area contributed by atoms with Gasteiger partial charge in [0.25, 0.3) is 0 Å². The Morgan fingerprint density at radius 3 is 2.06 bits per heavy atom. The van der Waals surface area contributed by atoms with Gasteiger partial charge in [-0.15, -0.1) is 0 Å². The largest absolute Gasteiger partial charge is 0.379 e. The Morgan fingerprint density at radius 2 is 1.62 bits per heavy atom. The van der Waals surface area contributed by atoms with Gasteiger partial charge in [0.1, 0.15) is 0 Å². The summed E-state index contributed by atoms with van der Waals surface area (Å²) < 4.78 is 0. The van der Waals surface area contributed by atoms with E-state index in [-0.39, 0.29) is 0 Å². The molecule has 90 valence electrons. The molecule has 3 N–H and O–H groups in total. The first-order valence-corrected chi connectivity index (χ1v) is 7.61. The molecule has 0 aromatic rings. The second kappa shape index (κ2) is 3.94. The molecule has 0 radical (unpaired) electrons. The molecule has 4 aliphatic rings. The van der Waals surface area contributed by atoms with E-state index in [0.29, 0.717) is 10.6 Å².